The molecule has 2 atom stereocenters. The molecule has 0 bridgehead atoms. The van der Waals surface area contributed by atoms with Gasteiger partial charge in [-0.2, -0.15) is 0 Å². The molecule has 2 aromatic rings. The van der Waals surface area contributed by atoms with E-state index in [-0.39, 0.29) is 6.42 Å². The van der Waals surface area contributed by atoms with Gasteiger partial charge in [0.2, 0.25) is 5.91 Å². The van der Waals surface area contributed by atoms with Crippen LogP contribution in [0, 0.1) is 26.3 Å². The third-order valence-electron chi connectivity index (χ3n) is 5.83. The van der Waals surface area contributed by atoms with Crippen LogP contribution in [0.15, 0.2) is 48.5 Å². The Morgan fingerprint density at radius 3 is 2.05 bits per heavy atom. The second kappa shape index (κ2) is 13.8. The van der Waals surface area contributed by atoms with Crippen LogP contribution in [0.2, 0.25) is 0 Å². The molecule has 0 spiro atoms. The van der Waals surface area contributed by atoms with E-state index in [2.05, 4.69) is 16.7 Å². The van der Waals surface area contributed by atoms with Crippen LogP contribution in [0.1, 0.15) is 69.8 Å². The third kappa shape index (κ3) is 10.6. The summed E-state index contributed by atoms with van der Waals surface area (Å²) in [5.41, 5.74) is 1.54. The zero-order valence-electron chi connectivity index (χ0n) is 25.2. The molecule has 2 unspecified atom stereocenters. The molecule has 41 heavy (non-hydrogen) atoms. The molecule has 0 aliphatic rings. The van der Waals surface area contributed by atoms with Crippen LogP contribution >= 0.6 is 0 Å². The highest BCUT2D eigenvalue weighted by molar-refractivity contribution is 5.93. The van der Waals surface area contributed by atoms with Crippen LogP contribution in [-0.2, 0) is 30.3 Å². The fraction of sp³-hybridized carbons (Fsp3) is 0.438. The molecule has 0 saturated carbocycles. The van der Waals surface area contributed by atoms with E-state index in [0.717, 1.165) is 21.6 Å². The highest BCUT2D eigenvalue weighted by Gasteiger charge is 2.35. The maximum Gasteiger partial charge on any atom is 0.408 e. The number of benzene rings is 2. The van der Waals surface area contributed by atoms with E-state index in [1.165, 1.54) is 0 Å². The summed E-state index contributed by atoms with van der Waals surface area (Å²) in [6.07, 6.45) is 5.12. The van der Waals surface area contributed by atoms with Gasteiger partial charge in [-0.15, -0.1) is 0 Å². The first-order valence-electron chi connectivity index (χ1n) is 13.4. The predicted octanol–water partition coefficient (Wildman–Crippen LogP) is 4.36. The van der Waals surface area contributed by atoms with Crippen LogP contribution in [0.5, 0.6) is 0 Å². The first-order chi connectivity index (χ1) is 19.0. The largest absolute Gasteiger partial charge is 0.458 e. The van der Waals surface area contributed by atoms with Crippen molar-refractivity contribution in [1.82, 2.24) is 15.5 Å². The Morgan fingerprint density at radius 1 is 0.902 bits per heavy atom. The van der Waals surface area contributed by atoms with E-state index >= 15 is 0 Å². The molecular weight excluding hydrogens is 522 g/mol. The van der Waals surface area contributed by atoms with Crippen molar-refractivity contribution in [2.45, 2.75) is 85.1 Å². The fourth-order valence-electron chi connectivity index (χ4n) is 3.86. The molecule has 2 rings (SSSR count). The number of aryl methyl sites for hydroxylation is 2. The van der Waals surface area contributed by atoms with Crippen molar-refractivity contribution in [3.8, 4) is 12.5 Å². The molecule has 0 aliphatic carbocycles. The van der Waals surface area contributed by atoms with Gasteiger partial charge in [0.1, 0.15) is 29.8 Å². The average Bonchev–Trinajstić information content (AvgIpc) is 2.85. The summed E-state index contributed by atoms with van der Waals surface area (Å²) in [6, 6.07) is 14.4. The zero-order valence-corrected chi connectivity index (χ0v) is 25.2. The minimum atomic E-state index is -1.30. The second-order valence-electron chi connectivity index (χ2n) is 11.8. The summed E-state index contributed by atoms with van der Waals surface area (Å²) >= 11 is 0. The topological polar surface area (TPSA) is 114 Å². The molecule has 9 nitrogen and oxygen atoms in total. The van der Waals surface area contributed by atoms with Gasteiger partial charge >= 0.3 is 12.1 Å². The lowest BCUT2D eigenvalue weighted by atomic mass is 9.98. The molecule has 3 amide bonds. The van der Waals surface area contributed by atoms with Gasteiger partial charge in [0, 0.05) is 12.5 Å². The monoisotopic (exact) mass is 563 g/mol. The van der Waals surface area contributed by atoms with Gasteiger partial charge in [0.25, 0.3) is 5.91 Å². The van der Waals surface area contributed by atoms with Crippen LogP contribution < -0.4 is 10.6 Å². The Morgan fingerprint density at radius 2 is 1.51 bits per heavy atom. The quantitative estimate of drug-likeness (QED) is 0.266. The van der Waals surface area contributed by atoms with Gasteiger partial charge in [-0.05, 0) is 77.6 Å². The Hall–Kier alpha value is -4.32. The molecule has 0 fully saturated rings. The maximum atomic E-state index is 13.9. The number of carbonyl (C=O) groups excluding carboxylic acids is 4. The highest BCUT2D eigenvalue weighted by Crippen LogP contribution is 2.24. The van der Waals surface area contributed by atoms with Crippen molar-refractivity contribution in [3.05, 3.63) is 70.8 Å². The zero-order chi connectivity index (χ0) is 31.0. The lowest BCUT2D eigenvalue weighted by molar-refractivity contribution is -0.159. The molecule has 0 heterocycles. The summed E-state index contributed by atoms with van der Waals surface area (Å²) < 4.78 is 10.8. The number of nitrogens with zero attached hydrogens (tertiary/aromatic N) is 1. The summed E-state index contributed by atoms with van der Waals surface area (Å²) in [5, 5.41) is 5.15. The normalized spacial score (nSPS) is 12.8. The Kier molecular flexibility index (Phi) is 11.1. The minimum absolute atomic E-state index is 0.158. The smallest absolute Gasteiger partial charge is 0.408 e. The van der Waals surface area contributed by atoms with E-state index in [4.69, 9.17) is 15.9 Å². The van der Waals surface area contributed by atoms with Crippen LogP contribution in [0.4, 0.5) is 4.79 Å². The Labute approximate surface area is 243 Å². The number of alkyl carbamates (subject to hydrolysis) is 1. The number of amides is 3. The lowest BCUT2D eigenvalue weighted by Crippen LogP contribution is -2.51. The molecule has 0 saturated heterocycles. The minimum Gasteiger partial charge on any atom is -0.458 e. The summed E-state index contributed by atoms with van der Waals surface area (Å²) in [4.78, 5) is 53.4. The van der Waals surface area contributed by atoms with Gasteiger partial charge in [0.15, 0.2) is 0 Å². The van der Waals surface area contributed by atoms with Gasteiger partial charge in [-0.3, -0.25) is 14.5 Å². The second-order valence-corrected chi connectivity index (χ2v) is 11.8. The van der Waals surface area contributed by atoms with Gasteiger partial charge in [0.05, 0.1) is 0 Å². The highest BCUT2D eigenvalue weighted by atomic mass is 16.6. The maximum absolute atomic E-state index is 13.9. The van der Waals surface area contributed by atoms with E-state index in [9.17, 15) is 19.2 Å². The number of terminal acetylenes is 1. The Bertz CT molecular complexity index is 1290. The predicted molar refractivity (Wildman–Crippen MR) is 156 cm³/mol. The molecular formula is C32H41N3O6. The van der Waals surface area contributed by atoms with Gasteiger partial charge in [-0.1, -0.05) is 55.0 Å². The van der Waals surface area contributed by atoms with Gasteiger partial charge in [-0.25, -0.2) is 9.59 Å². The van der Waals surface area contributed by atoms with Crippen molar-refractivity contribution < 1.29 is 28.7 Å². The number of carbonyl (C=O) groups is 4. The van der Waals surface area contributed by atoms with Crippen molar-refractivity contribution in [1.29, 1.82) is 0 Å². The van der Waals surface area contributed by atoms with Crippen LogP contribution in [0.3, 0.4) is 0 Å². The van der Waals surface area contributed by atoms with Crippen LogP contribution in [-0.4, -0.2) is 52.6 Å². The van der Waals surface area contributed by atoms with Gasteiger partial charge < -0.3 is 20.1 Å². The van der Waals surface area contributed by atoms with Crippen molar-refractivity contribution in [2.75, 3.05) is 6.54 Å². The molecule has 2 aromatic carbocycles. The first kappa shape index (κ1) is 32.9. The number of hydrogen-bond donors (Lipinski definition) is 2. The molecule has 0 aliphatic heterocycles. The number of esters is 1. The summed E-state index contributed by atoms with van der Waals surface area (Å²) in [5.74, 6) is -2.02. The molecule has 0 aromatic heterocycles. The number of ether oxygens (including phenoxy) is 2. The molecule has 9 heteroatoms. The van der Waals surface area contributed by atoms with Crippen molar-refractivity contribution in [3.63, 3.8) is 0 Å². The summed E-state index contributed by atoms with van der Waals surface area (Å²) in [7, 11) is 0. The first-order valence-corrected chi connectivity index (χ1v) is 13.4. The Balaban J connectivity index is 2.43. The van der Waals surface area contributed by atoms with E-state index < -0.39 is 53.7 Å². The average molecular weight is 564 g/mol. The fourth-order valence-corrected chi connectivity index (χ4v) is 3.86. The SMILES string of the molecule is C#CN(C(=O)CNC(=O)OC(C)(C)C)C(C(=O)NC(Cc1ccccc1)C(=O)OC(C)(C)C)c1ccc(C)c(C)c1. The number of nitrogens with one attached hydrogen (secondary N) is 2. The molecule has 0 radical (unpaired) electrons. The molecule has 220 valence electrons. The standard InChI is InChI=1S/C32H41N3O6/c1-10-35(26(36)20-33-30(39)41-32(7,8)9)27(24-17-16-21(2)22(3)18-24)28(37)34-25(29(38)40-31(4,5)6)19-23-14-12-11-13-15-23/h1,11-18,25,27H,19-20H2,2-9H3,(H,33,39)(H,34,37). The van der Waals surface area contributed by atoms with E-state index in [1.807, 2.05) is 50.2 Å². The van der Waals surface area contributed by atoms with Crippen molar-refractivity contribution in [2.24, 2.45) is 0 Å². The van der Waals surface area contributed by atoms with E-state index in [0.29, 0.717) is 5.56 Å². The molecule has 2 N–H and O–H groups in total. The third-order valence-corrected chi connectivity index (χ3v) is 5.83. The van der Waals surface area contributed by atoms with Crippen LogP contribution in [0.25, 0.3) is 0 Å². The summed E-state index contributed by atoms with van der Waals surface area (Å²) in [6.45, 7) is 13.6. The number of hydrogen-bond acceptors (Lipinski definition) is 6. The van der Waals surface area contributed by atoms with E-state index in [1.54, 1.807) is 53.7 Å². The lowest BCUT2D eigenvalue weighted by Gasteiger charge is -2.30. The van der Waals surface area contributed by atoms with Crippen molar-refractivity contribution >= 4 is 23.9 Å². The number of rotatable bonds is 9.